The Morgan fingerprint density at radius 1 is 0.977 bits per heavy atom. The van der Waals surface area contributed by atoms with E-state index in [4.69, 9.17) is 16.3 Å². The van der Waals surface area contributed by atoms with Crippen molar-refractivity contribution in [3.8, 4) is 5.75 Å². The molecule has 1 N–H and O–H groups in total. The highest BCUT2D eigenvalue weighted by Gasteiger charge is 2.33. The third-order valence-electron chi connectivity index (χ3n) is 7.50. The summed E-state index contributed by atoms with van der Waals surface area (Å²) >= 11 is 9.44. The molecule has 4 rings (SSSR count). The summed E-state index contributed by atoms with van der Waals surface area (Å²) in [6.45, 7) is 3.58. The fourth-order valence-corrected chi connectivity index (χ4v) is 6.88. The summed E-state index contributed by atoms with van der Waals surface area (Å²) in [5, 5.41) is 3.66. The van der Waals surface area contributed by atoms with Crippen LogP contribution in [0.3, 0.4) is 0 Å². The number of carbonyl (C=O) groups excluding carboxylic acids is 2. The van der Waals surface area contributed by atoms with Gasteiger partial charge < -0.3 is 15.0 Å². The fraction of sp³-hybridized carbons (Fsp3) is 0.375. The van der Waals surface area contributed by atoms with Gasteiger partial charge in [0.05, 0.1) is 17.2 Å². The lowest BCUT2D eigenvalue weighted by Crippen LogP contribution is -2.53. The quantitative estimate of drug-likeness (QED) is 0.232. The monoisotopic (exact) mass is 689 g/mol. The number of benzene rings is 3. The topological polar surface area (TPSA) is 96.0 Å². The number of rotatable bonds is 12. The Hall–Kier alpha value is -3.08. The van der Waals surface area contributed by atoms with Crippen molar-refractivity contribution in [2.24, 2.45) is 0 Å². The minimum absolute atomic E-state index is 0.0322. The van der Waals surface area contributed by atoms with E-state index < -0.39 is 28.5 Å². The summed E-state index contributed by atoms with van der Waals surface area (Å²) in [4.78, 5) is 29.0. The first kappa shape index (κ1) is 32.8. The Morgan fingerprint density at radius 2 is 1.60 bits per heavy atom. The van der Waals surface area contributed by atoms with Crippen LogP contribution in [-0.4, -0.2) is 50.4 Å². The van der Waals surface area contributed by atoms with Gasteiger partial charge in [-0.1, -0.05) is 58.9 Å². The van der Waals surface area contributed by atoms with Crippen molar-refractivity contribution in [3.05, 3.63) is 87.9 Å². The van der Waals surface area contributed by atoms with E-state index in [1.165, 1.54) is 17.0 Å². The molecule has 1 atom stereocenters. The van der Waals surface area contributed by atoms with Gasteiger partial charge in [-0.15, -0.1) is 0 Å². The van der Waals surface area contributed by atoms with E-state index in [9.17, 15) is 18.0 Å². The van der Waals surface area contributed by atoms with Crippen LogP contribution in [0.15, 0.2) is 82.2 Å². The summed E-state index contributed by atoms with van der Waals surface area (Å²) in [6, 6.07) is 19.0. The average molecular weight is 691 g/mol. The standard InChI is InChI=1S/C32H37BrClN3O5S/c1-3-42-29-17-15-28(16-18-29)37(43(40,41)30-19-11-25(33)12-20-30)22-31(38)36(21-24-9-13-26(34)14-10-24)23(2)32(39)35-27-7-5-4-6-8-27/h9-20,23,27H,3-8,21-22H2,1-2H3,(H,35,39). The summed E-state index contributed by atoms with van der Waals surface area (Å²) in [5.41, 5.74) is 1.06. The Kier molecular flexibility index (Phi) is 11.5. The third-order valence-corrected chi connectivity index (χ3v) is 10.1. The van der Waals surface area contributed by atoms with Gasteiger partial charge in [0.25, 0.3) is 10.0 Å². The van der Waals surface area contributed by atoms with Crippen LogP contribution in [0.4, 0.5) is 5.69 Å². The van der Waals surface area contributed by atoms with Crippen LogP contribution >= 0.6 is 27.5 Å². The molecule has 11 heteroatoms. The van der Waals surface area contributed by atoms with Gasteiger partial charge in [0.1, 0.15) is 18.3 Å². The molecule has 0 aliphatic heterocycles. The summed E-state index contributed by atoms with van der Waals surface area (Å²) < 4.78 is 35.3. The van der Waals surface area contributed by atoms with Crippen molar-refractivity contribution in [2.75, 3.05) is 17.5 Å². The minimum Gasteiger partial charge on any atom is -0.494 e. The Labute approximate surface area is 267 Å². The molecule has 0 saturated heterocycles. The molecule has 230 valence electrons. The van der Waals surface area contributed by atoms with Gasteiger partial charge >= 0.3 is 0 Å². The molecule has 0 heterocycles. The molecule has 1 aliphatic rings. The lowest BCUT2D eigenvalue weighted by molar-refractivity contribution is -0.139. The molecule has 0 radical (unpaired) electrons. The molecule has 0 spiro atoms. The molecular formula is C32H37BrClN3O5S. The highest BCUT2D eigenvalue weighted by Crippen LogP contribution is 2.28. The highest BCUT2D eigenvalue weighted by atomic mass is 79.9. The molecule has 3 aromatic rings. The van der Waals surface area contributed by atoms with Gasteiger partial charge in [-0.05, 0) is 92.9 Å². The number of nitrogens with one attached hydrogen (secondary N) is 1. The first-order chi connectivity index (χ1) is 20.6. The van der Waals surface area contributed by atoms with Crippen LogP contribution in [0.25, 0.3) is 0 Å². The van der Waals surface area contributed by atoms with Crippen molar-refractivity contribution in [3.63, 3.8) is 0 Å². The Balaban J connectivity index is 1.67. The lowest BCUT2D eigenvalue weighted by atomic mass is 9.95. The first-order valence-corrected chi connectivity index (χ1v) is 17.0. The van der Waals surface area contributed by atoms with E-state index in [2.05, 4.69) is 21.2 Å². The van der Waals surface area contributed by atoms with E-state index in [-0.39, 0.29) is 23.4 Å². The van der Waals surface area contributed by atoms with Crippen LogP contribution in [0.1, 0.15) is 51.5 Å². The number of halogens is 2. The number of sulfonamides is 1. The summed E-state index contributed by atoms with van der Waals surface area (Å²) in [5.74, 6) is -0.204. The highest BCUT2D eigenvalue weighted by molar-refractivity contribution is 9.10. The van der Waals surface area contributed by atoms with Crippen LogP contribution in [0.2, 0.25) is 5.02 Å². The lowest BCUT2D eigenvalue weighted by Gasteiger charge is -2.33. The van der Waals surface area contributed by atoms with Crippen molar-refractivity contribution in [1.82, 2.24) is 10.2 Å². The molecule has 1 fully saturated rings. The zero-order chi connectivity index (χ0) is 31.0. The number of ether oxygens (including phenoxy) is 1. The van der Waals surface area contributed by atoms with Crippen LogP contribution < -0.4 is 14.4 Å². The molecule has 3 aromatic carbocycles. The second-order valence-corrected chi connectivity index (χ2v) is 13.8. The Morgan fingerprint density at radius 3 is 2.21 bits per heavy atom. The number of hydrogen-bond acceptors (Lipinski definition) is 5. The first-order valence-electron chi connectivity index (χ1n) is 14.4. The van der Waals surface area contributed by atoms with Gasteiger partial charge in [0.2, 0.25) is 11.8 Å². The second-order valence-electron chi connectivity index (χ2n) is 10.6. The van der Waals surface area contributed by atoms with Crippen LogP contribution in [-0.2, 0) is 26.2 Å². The minimum atomic E-state index is -4.17. The molecule has 1 aliphatic carbocycles. The number of carbonyl (C=O) groups is 2. The van der Waals surface area contributed by atoms with E-state index >= 15 is 0 Å². The second kappa shape index (κ2) is 15.1. The zero-order valence-corrected chi connectivity index (χ0v) is 27.5. The molecule has 0 aromatic heterocycles. The van der Waals surface area contributed by atoms with Gasteiger partial charge in [-0.2, -0.15) is 0 Å². The predicted molar refractivity (Wildman–Crippen MR) is 173 cm³/mol. The molecule has 0 bridgehead atoms. The van der Waals surface area contributed by atoms with Gasteiger partial charge in [0.15, 0.2) is 0 Å². The average Bonchev–Trinajstić information content (AvgIpc) is 3.00. The third kappa shape index (κ3) is 8.74. The zero-order valence-electron chi connectivity index (χ0n) is 24.3. The number of amides is 2. The Bertz CT molecular complexity index is 1480. The SMILES string of the molecule is CCOc1ccc(N(CC(=O)N(Cc2ccc(Cl)cc2)C(C)C(=O)NC2CCCCC2)S(=O)(=O)c2ccc(Br)cc2)cc1. The maximum Gasteiger partial charge on any atom is 0.264 e. The van der Waals surface area contributed by atoms with E-state index in [1.54, 1.807) is 67.6 Å². The van der Waals surface area contributed by atoms with Crippen molar-refractivity contribution < 1.29 is 22.7 Å². The van der Waals surface area contributed by atoms with E-state index in [0.29, 0.717) is 23.1 Å². The maximum atomic E-state index is 14.1. The summed E-state index contributed by atoms with van der Waals surface area (Å²) in [7, 11) is -4.17. The maximum absolute atomic E-state index is 14.1. The molecule has 1 saturated carbocycles. The van der Waals surface area contributed by atoms with Crippen molar-refractivity contribution in [2.45, 2.75) is 69.5 Å². The van der Waals surface area contributed by atoms with Crippen molar-refractivity contribution >= 4 is 55.1 Å². The van der Waals surface area contributed by atoms with Crippen LogP contribution in [0, 0.1) is 0 Å². The molecule has 43 heavy (non-hydrogen) atoms. The molecule has 1 unspecified atom stereocenters. The van der Waals surface area contributed by atoms with Crippen LogP contribution in [0.5, 0.6) is 5.75 Å². The molecule has 8 nitrogen and oxygen atoms in total. The smallest absolute Gasteiger partial charge is 0.264 e. The number of nitrogens with zero attached hydrogens (tertiary/aromatic N) is 2. The number of anilines is 1. The van der Waals surface area contributed by atoms with Crippen molar-refractivity contribution in [1.29, 1.82) is 0 Å². The predicted octanol–water partition coefficient (Wildman–Crippen LogP) is 6.56. The van der Waals surface area contributed by atoms with E-state index in [1.807, 2.05) is 6.92 Å². The van der Waals surface area contributed by atoms with Gasteiger partial charge in [0, 0.05) is 22.1 Å². The largest absolute Gasteiger partial charge is 0.494 e. The van der Waals surface area contributed by atoms with Gasteiger partial charge in [-0.3, -0.25) is 13.9 Å². The van der Waals surface area contributed by atoms with Gasteiger partial charge in [-0.25, -0.2) is 8.42 Å². The normalized spacial score (nSPS) is 14.5. The number of hydrogen-bond donors (Lipinski definition) is 1. The fourth-order valence-electron chi connectivity index (χ4n) is 5.08. The molecular weight excluding hydrogens is 654 g/mol. The molecule has 2 amide bonds. The summed E-state index contributed by atoms with van der Waals surface area (Å²) in [6.07, 6.45) is 5.06. The van der Waals surface area contributed by atoms with E-state index in [0.717, 1.165) is 46.4 Å².